The minimum atomic E-state index is -0.572. The summed E-state index contributed by atoms with van der Waals surface area (Å²) < 4.78 is 0. The second-order valence-electron chi connectivity index (χ2n) is 4.54. The Kier molecular flexibility index (Phi) is 3.88. The normalized spacial score (nSPS) is 16.5. The molecule has 1 aromatic rings. The molecule has 0 heterocycles. The van der Waals surface area contributed by atoms with E-state index in [0.717, 1.165) is 19.3 Å². The Morgan fingerprint density at radius 1 is 1.50 bits per heavy atom. The van der Waals surface area contributed by atoms with Gasteiger partial charge in [0, 0.05) is 6.04 Å². The summed E-state index contributed by atoms with van der Waals surface area (Å²) in [4.78, 5) is 13.9. The Labute approximate surface area is 112 Å². The highest BCUT2D eigenvalue weighted by atomic mass is 35.5. The van der Waals surface area contributed by atoms with Gasteiger partial charge in [0.1, 0.15) is 11.4 Å². The molecule has 0 aliphatic heterocycles. The number of benzene rings is 1. The molecule has 1 aliphatic carbocycles. The van der Waals surface area contributed by atoms with Gasteiger partial charge in [-0.05, 0) is 38.3 Å². The molecule has 0 bridgehead atoms. The van der Waals surface area contributed by atoms with E-state index in [1.165, 1.54) is 0 Å². The van der Waals surface area contributed by atoms with Crippen LogP contribution >= 0.6 is 11.6 Å². The predicted molar refractivity (Wildman–Crippen MR) is 71.6 cm³/mol. The number of hydrogen-bond donors (Lipinski definition) is 0. The molecule has 2 rings (SSSR count). The fourth-order valence-electron chi connectivity index (χ4n) is 2.11. The summed E-state index contributed by atoms with van der Waals surface area (Å²) in [6.45, 7) is 1.67. The summed E-state index contributed by atoms with van der Waals surface area (Å²) in [6.07, 6.45) is 3.09. The first kappa shape index (κ1) is 12.9. The molecule has 1 aromatic carbocycles. The first-order chi connectivity index (χ1) is 8.65. The van der Waals surface area contributed by atoms with Crippen molar-refractivity contribution in [2.75, 3.05) is 4.90 Å². The molecular formula is C14H15ClN2O. The number of nitriles is 1. The lowest BCUT2D eigenvalue weighted by atomic mass is 9.90. The Morgan fingerprint density at radius 3 is 2.67 bits per heavy atom. The standard InChI is InChI=1S/C14H15ClN2O/c1-10(15)14(18)17(12-6-4-7-12)13-8-3-2-5-11(13)9-16/h2-3,5,8,10,12H,4,6-7H2,1H3. The van der Waals surface area contributed by atoms with Crippen LogP contribution in [-0.4, -0.2) is 17.3 Å². The van der Waals surface area contributed by atoms with Gasteiger partial charge in [-0.1, -0.05) is 12.1 Å². The smallest absolute Gasteiger partial charge is 0.245 e. The number of carbonyl (C=O) groups is 1. The van der Waals surface area contributed by atoms with E-state index < -0.39 is 5.38 Å². The van der Waals surface area contributed by atoms with Crippen LogP contribution < -0.4 is 4.90 Å². The molecule has 3 nitrogen and oxygen atoms in total. The zero-order valence-electron chi connectivity index (χ0n) is 10.3. The van der Waals surface area contributed by atoms with E-state index in [2.05, 4.69) is 6.07 Å². The highest BCUT2D eigenvalue weighted by Gasteiger charge is 2.32. The van der Waals surface area contributed by atoms with Crippen LogP contribution in [0.1, 0.15) is 31.7 Å². The van der Waals surface area contributed by atoms with Crippen molar-refractivity contribution in [3.05, 3.63) is 29.8 Å². The molecule has 0 saturated heterocycles. The summed E-state index contributed by atoms with van der Waals surface area (Å²) >= 11 is 5.92. The molecule has 0 aromatic heterocycles. The molecule has 4 heteroatoms. The highest BCUT2D eigenvalue weighted by Crippen LogP contribution is 2.32. The van der Waals surface area contributed by atoms with Crippen LogP contribution in [0.25, 0.3) is 0 Å². The van der Waals surface area contributed by atoms with E-state index in [9.17, 15) is 4.79 Å². The molecule has 1 amide bonds. The minimum Gasteiger partial charge on any atom is -0.307 e. The molecule has 94 valence electrons. The lowest BCUT2D eigenvalue weighted by Gasteiger charge is -2.38. The topological polar surface area (TPSA) is 44.1 Å². The molecular weight excluding hydrogens is 248 g/mol. The number of anilines is 1. The maximum atomic E-state index is 12.2. The first-order valence-corrected chi connectivity index (χ1v) is 6.55. The summed E-state index contributed by atoms with van der Waals surface area (Å²) in [5.74, 6) is -0.121. The lowest BCUT2D eigenvalue weighted by molar-refractivity contribution is -0.118. The van der Waals surface area contributed by atoms with E-state index in [1.807, 2.05) is 12.1 Å². The number of hydrogen-bond acceptors (Lipinski definition) is 2. The van der Waals surface area contributed by atoms with Crippen molar-refractivity contribution < 1.29 is 4.79 Å². The number of halogens is 1. The van der Waals surface area contributed by atoms with Crippen molar-refractivity contribution in [2.45, 2.75) is 37.6 Å². The second-order valence-corrected chi connectivity index (χ2v) is 5.19. The summed E-state index contributed by atoms with van der Waals surface area (Å²) in [5.41, 5.74) is 1.21. The SMILES string of the molecule is CC(Cl)C(=O)N(c1ccccc1C#N)C1CCC1. The number of alkyl halides is 1. The van der Waals surface area contributed by atoms with Crippen molar-refractivity contribution in [3.8, 4) is 6.07 Å². The lowest BCUT2D eigenvalue weighted by Crippen LogP contribution is -2.47. The Bertz CT molecular complexity index is 489. The maximum Gasteiger partial charge on any atom is 0.245 e. The van der Waals surface area contributed by atoms with Crippen LogP contribution in [0.5, 0.6) is 0 Å². The van der Waals surface area contributed by atoms with Crippen molar-refractivity contribution >= 4 is 23.2 Å². The first-order valence-electron chi connectivity index (χ1n) is 6.11. The van der Waals surface area contributed by atoms with Crippen molar-refractivity contribution in [3.63, 3.8) is 0 Å². The van der Waals surface area contributed by atoms with Crippen LogP contribution in [0, 0.1) is 11.3 Å². The number of amides is 1. The fraction of sp³-hybridized carbons (Fsp3) is 0.429. The average Bonchev–Trinajstić information content (AvgIpc) is 2.32. The summed E-state index contributed by atoms with van der Waals surface area (Å²) in [5, 5.41) is 8.57. The quantitative estimate of drug-likeness (QED) is 0.786. The number of nitrogens with zero attached hydrogens (tertiary/aromatic N) is 2. The molecule has 0 spiro atoms. The third-order valence-corrected chi connectivity index (χ3v) is 3.49. The van der Waals surface area contributed by atoms with E-state index in [4.69, 9.17) is 16.9 Å². The molecule has 1 aliphatic rings. The largest absolute Gasteiger partial charge is 0.307 e. The molecule has 0 radical (unpaired) electrons. The Hall–Kier alpha value is -1.53. The van der Waals surface area contributed by atoms with Gasteiger partial charge in [0.05, 0.1) is 11.3 Å². The Morgan fingerprint density at radius 2 is 2.17 bits per heavy atom. The molecule has 1 saturated carbocycles. The number of carbonyl (C=O) groups excluding carboxylic acids is 1. The predicted octanol–water partition coefficient (Wildman–Crippen LogP) is 3.07. The van der Waals surface area contributed by atoms with Gasteiger partial charge >= 0.3 is 0 Å². The third-order valence-electron chi connectivity index (χ3n) is 3.30. The van der Waals surface area contributed by atoms with Crippen LogP contribution in [-0.2, 0) is 4.79 Å². The Balaban J connectivity index is 2.40. The van der Waals surface area contributed by atoms with Gasteiger partial charge < -0.3 is 4.90 Å². The average molecular weight is 263 g/mol. The van der Waals surface area contributed by atoms with Crippen LogP contribution in [0.2, 0.25) is 0 Å². The van der Waals surface area contributed by atoms with Crippen molar-refractivity contribution in [2.24, 2.45) is 0 Å². The molecule has 1 atom stereocenters. The van der Waals surface area contributed by atoms with E-state index in [-0.39, 0.29) is 11.9 Å². The minimum absolute atomic E-state index is 0.121. The second kappa shape index (κ2) is 5.41. The maximum absolute atomic E-state index is 12.2. The zero-order valence-corrected chi connectivity index (χ0v) is 11.0. The summed E-state index contributed by atoms with van der Waals surface area (Å²) in [6, 6.07) is 9.51. The summed E-state index contributed by atoms with van der Waals surface area (Å²) in [7, 11) is 0. The van der Waals surface area contributed by atoms with Gasteiger partial charge in [-0.25, -0.2) is 0 Å². The molecule has 1 unspecified atom stereocenters. The van der Waals surface area contributed by atoms with Gasteiger partial charge in [0.15, 0.2) is 0 Å². The van der Waals surface area contributed by atoms with Gasteiger partial charge in [-0.15, -0.1) is 11.6 Å². The molecule has 1 fully saturated rings. The molecule has 0 N–H and O–H groups in total. The zero-order chi connectivity index (χ0) is 13.1. The van der Waals surface area contributed by atoms with E-state index >= 15 is 0 Å². The molecule has 18 heavy (non-hydrogen) atoms. The van der Waals surface area contributed by atoms with E-state index in [1.54, 1.807) is 24.0 Å². The van der Waals surface area contributed by atoms with Gasteiger partial charge in [-0.2, -0.15) is 5.26 Å². The van der Waals surface area contributed by atoms with Gasteiger partial charge in [-0.3, -0.25) is 4.79 Å². The number of rotatable bonds is 3. The number of para-hydroxylation sites is 1. The van der Waals surface area contributed by atoms with Gasteiger partial charge in [0.2, 0.25) is 5.91 Å². The van der Waals surface area contributed by atoms with Crippen LogP contribution in [0.15, 0.2) is 24.3 Å². The highest BCUT2D eigenvalue weighted by molar-refractivity contribution is 6.32. The van der Waals surface area contributed by atoms with E-state index in [0.29, 0.717) is 11.3 Å². The monoisotopic (exact) mass is 262 g/mol. The van der Waals surface area contributed by atoms with Crippen molar-refractivity contribution in [1.82, 2.24) is 0 Å². The van der Waals surface area contributed by atoms with Crippen LogP contribution in [0.4, 0.5) is 5.69 Å². The third kappa shape index (κ3) is 2.34. The van der Waals surface area contributed by atoms with Crippen molar-refractivity contribution in [1.29, 1.82) is 5.26 Å². The fourth-order valence-corrected chi connectivity index (χ4v) is 2.22. The van der Waals surface area contributed by atoms with Gasteiger partial charge in [0.25, 0.3) is 0 Å². The van der Waals surface area contributed by atoms with Crippen LogP contribution in [0.3, 0.4) is 0 Å².